The summed E-state index contributed by atoms with van der Waals surface area (Å²) in [4.78, 5) is 14.7. The largest absolute Gasteiger partial charge is 0.416 e. The molecule has 2 heterocycles. The Morgan fingerprint density at radius 2 is 2.00 bits per heavy atom. The van der Waals surface area contributed by atoms with Gasteiger partial charge in [-0.25, -0.2) is 0 Å². The van der Waals surface area contributed by atoms with Gasteiger partial charge in [0, 0.05) is 31.1 Å². The Hall–Kier alpha value is -2.33. The molecule has 1 saturated heterocycles. The van der Waals surface area contributed by atoms with Crippen LogP contribution in [0.15, 0.2) is 18.2 Å². The summed E-state index contributed by atoms with van der Waals surface area (Å²) in [5, 5.41) is 12.8. The van der Waals surface area contributed by atoms with E-state index in [1.807, 2.05) is 6.92 Å². The van der Waals surface area contributed by atoms with Gasteiger partial charge in [0.25, 0.3) is 0 Å². The van der Waals surface area contributed by atoms with E-state index in [2.05, 4.69) is 25.7 Å². The fourth-order valence-corrected chi connectivity index (χ4v) is 4.48. The normalized spacial score (nSPS) is 23.0. The molecule has 2 aliphatic rings. The number of alkyl halides is 3. The van der Waals surface area contributed by atoms with Gasteiger partial charge in [0.05, 0.1) is 29.8 Å². The molecule has 0 bridgehead atoms. The summed E-state index contributed by atoms with van der Waals surface area (Å²) in [6.07, 6.45) is 0.374. The Morgan fingerprint density at radius 1 is 1.26 bits per heavy atom. The third-order valence-electron chi connectivity index (χ3n) is 6.14. The Balaban J connectivity index is 1.22. The first kappa shape index (κ1) is 21.9. The van der Waals surface area contributed by atoms with Crippen molar-refractivity contribution >= 4 is 22.6 Å². The molecule has 1 saturated carbocycles. The number of nitrogens with one attached hydrogen (secondary N) is 3. The van der Waals surface area contributed by atoms with Crippen LogP contribution < -0.4 is 10.6 Å². The van der Waals surface area contributed by atoms with E-state index in [1.165, 1.54) is 6.07 Å². The van der Waals surface area contributed by atoms with E-state index >= 15 is 0 Å². The van der Waals surface area contributed by atoms with Gasteiger partial charge in [0.15, 0.2) is 5.82 Å². The Morgan fingerprint density at radius 3 is 2.68 bits per heavy atom. The summed E-state index contributed by atoms with van der Waals surface area (Å²) < 4.78 is 44.6. The Kier molecular flexibility index (Phi) is 6.38. The van der Waals surface area contributed by atoms with Gasteiger partial charge in [-0.05, 0) is 50.8 Å². The zero-order valence-corrected chi connectivity index (χ0v) is 17.5. The summed E-state index contributed by atoms with van der Waals surface area (Å²) >= 11 is 0. The summed E-state index contributed by atoms with van der Waals surface area (Å²) in [7, 11) is 0. The smallest absolute Gasteiger partial charge is 0.379 e. The average molecular weight is 439 g/mol. The van der Waals surface area contributed by atoms with Crippen LogP contribution in [0, 0.1) is 0 Å². The van der Waals surface area contributed by atoms with Crippen molar-refractivity contribution in [2.75, 3.05) is 31.6 Å². The van der Waals surface area contributed by atoms with Crippen LogP contribution in [0.4, 0.5) is 19.0 Å². The van der Waals surface area contributed by atoms with Crippen LogP contribution in [0.5, 0.6) is 0 Å². The number of nitrogens with zero attached hydrogens (tertiary/aromatic N) is 2. The molecule has 1 aromatic heterocycles. The first-order valence-electron chi connectivity index (χ1n) is 10.8. The maximum atomic E-state index is 13.0. The third kappa shape index (κ3) is 5.12. The van der Waals surface area contributed by atoms with Gasteiger partial charge < -0.3 is 15.4 Å². The van der Waals surface area contributed by atoms with Crippen molar-refractivity contribution in [1.29, 1.82) is 0 Å². The van der Waals surface area contributed by atoms with Gasteiger partial charge in [-0.15, -0.1) is 0 Å². The minimum Gasteiger partial charge on any atom is -0.379 e. The Bertz CT molecular complexity index is 902. The summed E-state index contributed by atoms with van der Waals surface area (Å²) in [5.74, 6) is 0.0328. The summed E-state index contributed by atoms with van der Waals surface area (Å²) in [5.41, 5.74) is -0.275. The number of fused-ring (bicyclic) bond motifs is 1. The van der Waals surface area contributed by atoms with Gasteiger partial charge in [-0.2, -0.15) is 18.3 Å². The molecule has 1 aromatic carbocycles. The van der Waals surface area contributed by atoms with Crippen LogP contribution in [0.2, 0.25) is 0 Å². The molecule has 4 rings (SSSR count). The van der Waals surface area contributed by atoms with Crippen LogP contribution in [-0.4, -0.2) is 65.4 Å². The molecule has 0 radical (unpaired) electrons. The van der Waals surface area contributed by atoms with Crippen LogP contribution in [0.1, 0.15) is 38.2 Å². The second-order valence-corrected chi connectivity index (χ2v) is 8.29. The second-order valence-electron chi connectivity index (χ2n) is 8.29. The molecular formula is C21H28F3N5O2. The fraction of sp³-hybridized carbons (Fsp3) is 0.619. The van der Waals surface area contributed by atoms with Crippen molar-refractivity contribution in [1.82, 2.24) is 20.4 Å². The molecule has 3 N–H and O–H groups in total. The molecule has 0 atom stereocenters. The van der Waals surface area contributed by atoms with E-state index in [0.29, 0.717) is 23.0 Å². The predicted octanol–water partition coefficient (Wildman–Crippen LogP) is 3.14. The highest BCUT2D eigenvalue weighted by Gasteiger charge is 2.35. The van der Waals surface area contributed by atoms with E-state index in [-0.39, 0.29) is 24.3 Å². The van der Waals surface area contributed by atoms with Crippen molar-refractivity contribution in [2.24, 2.45) is 0 Å². The van der Waals surface area contributed by atoms with Crippen molar-refractivity contribution in [3.05, 3.63) is 23.8 Å². The van der Waals surface area contributed by atoms with Gasteiger partial charge in [-0.1, -0.05) is 0 Å². The average Bonchev–Trinajstić information content (AvgIpc) is 3.11. The number of halogens is 3. The SMILES string of the molecule is CCOC1CCC(N2CC(NC(=O)CNc3n[nH]c4ccc(C(F)(F)F)cc34)C2)CC1. The molecular weight excluding hydrogens is 411 g/mol. The zero-order valence-electron chi connectivity index (χ0n) is 17.5. The van der Waals surface area contributed by atoms with Gasteiger partial charge in [-0.3, -0.25) is 14.8 Å². The quantitative estimate of drug-likeness (QED) is 0.618. The number of ether oxygens (including phenoxy) is 1. The highest BCUT2D eigenvalue weighted by atomic mass is 19.4. The van der Waals surface area contributed by atoms with Crippen molar-refractivity contribution < 1.29 is 22.7 Å². The van der Waals surface area contributed by atoms with Gasteiger partial charge in [0.2, 0.25) is 5.91 Å². The molecule has 170 valence electrons. The number of hydrogen-bond acceptors (Lipinski definition) is 5. The topological polar surface area (TPSA) is 82.3 Å². The van der Waals surface area contributed by atoms with Crippen LogP contribution >= 0.6 is 0 Å². The number of rotatable bonds is 7. The number of benzene rings is 1. The maximum absolute atomic E-state index is 13.0. The monoisotopic (exact) mass is 439 g/mol. The molecule has 1 amide bonds. The lowest BCUT2D eigenvalue weighted by molar-refractivity contribution is -0.137. The first-order chi connectivity index (χ1) is 14.8. The number of aromatic amines is 1. The number of carbonyl (C=O) groups is 1. The second kappa shape index (κ2) is 9.04. The van der Waals surface area contributed by atoms with Gasteiger partial charge in [0.1, 0.15) is 0 Å². The highest BCUT2D eigenvalue weighted by Crippen LogP contribution is 2.33. The number of amides is 1. The molecule has 2 fully saturated rings. The molecule has 10 heteroatoms. The number of carbonyl (C=O) groups excluding carboxylic acids is 1. The summed E-state index contributed by atoms with van der Waals surface area (Å²) in [6, 6.07) is 4.03. The fourth-order valence-electron chi connectivity index (χ4n) is 4.48. The van der Waals surface area contributed by atoms with E-state index in [4.69, 9.17) is 4.74 Å². The zero-order chi connectivity index (χ0) is 22.0. The van der Waals surface area contributed by atoms with Crippen molar-refractivity contribution in [2.45, 2.75) is 57.0 Å². The predicted molar refractivity (Wildman–Crippen MR) is 111 cm³/mol. The van der Waals surface area contributed by atoms with Crippen molar-refractivity contribution in [3.63, 3.8) is 0 Å². The molecule has 2 aromatic rings. The number of aromatic nitrogens is 2. The van der Waals surface area contributed by atoms with Crippen molar-refractivity contribution in [3.8, 4) is 0 Å². The van der Waals surface area contributed by atoms with E-state index in [0.717, 1.165) is 57.5 Å². The Labute approximate surface area is 178 Å². The first-order valence-corrected chi connectivity index (χ1v) is 10.8. The highest BCUT2D eigenvalue weighted by molar-refractivity contribution is 5.92. The number of hydrogen-bond donors (Lipinski definition) is 3. The molecule has 0 unspecified atom stereocenters. The minimum atomic E-state index is -4.43. The van der Waals surface area contributed by atoms with E-state index in [1.54, 1.807) is 0 Å². The van der Waals surface area contributed by atoms with E-state index < -0.39 is 11.7 Å². The van der Waals surface area contributed by atoms with E-state index in [9.17, 15) is 18.0 Å². The standard InChI is InChI=1S/C21H28F3N5O2/c1-2-31-16-6-4-15(5-7-16)29-11-14(12-29)26-19(30)10-25-20-17-9-13(21(22,23)24)3-8-18(17)27-28-20/h3,8-9,14-16H,2,4-7,10-12H2,1H3,(H,26,30)(H2,25,27,28). The molecule has 1 aliphatic carbocycles. The lowest BCUT2D eigenvalue weighted by Gasteiger charge is -2.46. The summed E-state index contributed by atoms with van der Waals surface area (Å²) in [6.45, 7) is 4.40. The lowest BCUT2D eigenvalue weighted by Crippen LogP contribution is -2.63. The van der Waals surface area contributed by atoms with Gasteiger partial charge >= 0.3 is 6.18 Å². The number of H-pyrrole nitrogens is 1. The minimum absolute atomic E-state index is 0.0494. The molecule has 7 nitrogen and oxygen atoms in total. The van der Waals surface area contributed by atoms with Crippen LogP contribution in [0.25, 0.3) is 10.9 Å². The third-order valence-corrected chi connectivity index (χ3v) is 6.14. The van der Waals surface area contributed by atoms with Crippen LogP contribution in [-0.2, 0) is 15.7 Å². The van der Waals surface area contributed by atoms with Crippen LogP contribution in [0.3, 0.4) is 0 Å². The maximum Gasteiger partial charge on any atom is 0.416 e. The number of likely N-dealkylation sites (tertiary alicyclic amines) is 1. The molecule has 31 heavy (non-hydrogen) atoms. The molecule has 1 aliphatic heterocycles. The number of anilines is 1. The lowest BCUT2D eigenvalue weighted by atomic mass is 9.89. The molecule has 0 spiro atoms.